The highest BCUT2D eigenvalue weighted by atomic mass is 19.1. The van der Waals surface area contributed by atoms with Gasteiger partial charge in [0.25, 0.3) is 11.8 Å². The third kappa shape index (κ3) is 2.90. The lowest BCUT2D eigenvalue weighted by Crippen LogP contribution is -2.27. The number of hydrogen-bond acceptors (Lipinski definition) is 3. The van der Waals surface area contributed by atoms with Crippen molar-refractivity contribution in [2.45, 2.75) is 18.9 Å². The van der Waals surface area contributed by atoms with Crippen LogP contribution in [0.15, 0.2) is 42.6 Å². The van der Waals surface area contributed by atoms with Crippen molar-refractivity contribution < 1.29 is 18.4 Å². The van der Waals surface area contributed by atoms with Crippen LogP contribution in [0.2, 0.25) is 0 Å². The van der Waals surface area contributed by atoms with E-state index in [2.05, 4.69) is 15.6 Å². The Labute approximate surface area is 146 Å². The molecule has 8 heteroatoms. The highest BCUT2D eigenvalue weighted by Crippen LogP contribution is 2.22. The number of fused-ring (bicyclic) bond motifs is 1. The van der Waals surface area contributed by atoms with Gasteiger partial charge in [0.05, 0.1) is 5.52 Å². The number of carbonyl (C=O) groups is 2. The van der Waals surface area contributed by atoms with Gasteiger partial charge < -0.3 is 10.6 Å². The van der Waals surface area contributed by atoms with Gasteiger partial charge >= 0.3 is 0 Å². The lowest BCUT2D eigenvalue weighted by atomic mass is 10.2. The lowest BCUT2D eigenvalue weighted by molar-refractivity contribution is 0.0940. The molecule has 0 aliphatic heterocycles. The standard InChI is InChI=1S/C18H14F2N4O2/c19-11-4-3-5-12(20)14(11)23-17(25)15-13-6-1-2-9-24(13)16(22-15)18(26)21-10-7-8-10/h1-6,9-10H,7-8H2,(H,21,26)(H,23,25). The molecule has 1 aliphatic carbocycles. The zero-order valence-electron chi connectivity index (χ0n) is 13.5. The van der Waals surface area contributed by atoms with Gasteiger partial charge in [-0.2, -0.15) is 0 Å². The van der Waals surface area contributed by atoms with Crippen LogP contribution in [-0.2, 0) is 0 Å². The van der Waals surface area contributed by atoms with Crippen molar-refractivity contribution in [3.63, 3.8) is 0 Å². The van der Waals surface area contributed by atoms with Crippen LogP contribution in [0.3, 0.4) is 0 Å². The summed E-state index contributed by atoms with van der Waals surface area (Å²) in [6.07, 6.45) is 3.43. The minimum atomic E-state index is -0.895. The van der Waals surface area contributed by atoms with Crippen LogP contribution in [0.1, 0.15) is 33.9 Å². The second-order valence-electron chi connectivity index (χ2n) is 6.04. The number of benzene rings is 1. The summed E-state index contributed by atoms with van der Waals surface area (Å²) in [4.78, 5) is 29.0. The molecule has 2 amide bonds. The zero-order valence-corrected chi connectivity index (χ0v) is 13.5. The molecule has 3 aromatic rings. The Bertz CT molecular complexity index is 1010. The van der Waals surface area contributed by atoms with Crippen molar-refractivity contribution in [1.82, 2.24) is 14.7 Å². The average Bonchev–Trinajstić information content (AvgIpc) is 3.35. The molecule has 26 heavy (non-hydrogen) atoms. The first kappa shape index (κ1) is 16.2. The van der Waals surface area contributed by atoms with E-state index in [9.17, 15) is 18.4 Å². The molecule has 1 fully saturated rings. The van der Waals surface area contributed by atoms with E-state index in [4.69, 9.17) is 0 Å². The van der Waals surface area contributed by atoms with Crippen molar-refractivity contribution in [3.8, 4) is 0 Å². The number of anilines is 1. The first-order chi connectivity index (χ1) is 12.5. The molecule has 1 aromatic carbocycles. The Kier molecular flexibility index (Phi) is 3.87. The summed E-state index contributed by atoms with van der Waals surface area (Å²) in [7, 11) is 0. The quantitative estimate of drug-likeness (QED) is 0.755. The second kappa shape index (κ2) is 6.21. The maximum atomic E-state index is 13.8. The number of nitrogens with zero attached hydrogens (tertiary/aromatic N) is 2. The number of para-hydroxylation sites is 1. The first-order valence-corrected chi connectivity index (χ1v) is 8.08. The summed E-state index contributed by atoms with van der Waals surface area (Å²) >= 11 is 0. The summed E-state index contributed by atoms with van der Waals surface area (Å²) in [5, 5.41) is 5.00. The molecule has 2 heterocycles. The van der Waals surface area contributed by atoms with Gasteiger partial charge in [-0.3, -0.25) is 14.0 Å². The fourth-order valence-electron chi connectivity index (χ4n) is 2.63. The van der Waals surface area contributed by atoms with E-state index < -0.39 is 29.1 Å². The van der Waals surface area contributed by atoms with Gasteiger partial charge in [-0.05, 0) is 37.1 Å². The predicted octanol–water partition coefficient (Wildman–Crippen LogP) is 2.76. The topological polar surface area (TPSA) is 75.5 Å². The van der Waals surface area contributed by atoms with Crippen LogP contribution in [-0.4, -0.2) is 27.2 Å². The fourth-order valence-corrected chi connectivity index (χ4v) is 2.63. The molecule has 0 unspecified atom stereocenters. The van der Waals surface area contributed by atoms with E-state index in [-0.39, 0.29) is 17.6 Å². The maximum Gasteiger partial charge on any atom is 0.287 e. The number of aromatic nitrogens is 2. The largest absolute Gasteiger partial charge is 0.347 e. The van der Waals surface area contributed by atoms with Crippen LogP contribution in [0.4, 0.5) is 14.5 Å². The number of carbonyl (C=O) groups excluding carboxylic acids is 2. The Balaban J connectivity index is 1.71. The first-order valence-electron chi connectivity index (χ1n) is 8.08. The summed E-state index contributed by atoms with van der Waals surface area (Å²) < 4.78 is 29.0. The predicted molar refractivity (Wildman–Crippen MR) is 90.0 cm³/mol. The second-order valence-corrected chi connectivity index (χ2v) is 6.04. The third-order valence-corrected chi connectivity index (χ3v) is 4.08. The number of hydrogen-bond donors (Lipinski definition) is 2. The van der Waals surface area contributed by atoms with Gasteiger partial charge in [0, 0.05) is 12.2 Å². The molecule has 132 valence electrons. The number of nitrogens with one attached hydrogen (secondary N) is 2. The van der Waals surface area contributed by atoms with Crippen LogP contribution < -0.4 is 10.6 Å². The summed E-state index contributed by atoms with van der Waals surface area (Å²) in [6.45, 7) is 0. The van der Waals surface area contributed by atoms with Crippen LogP contribution in [0, 0.1) is 11.6 Å². The van der Waals surface area contributed by atoms with Crippen LogP contribution >= 0.6 is 0 Å². The van der Waals surface area contributed by atoms with Crippen molar-refractivity contribution in [2.24, 2.45) is 0 Å². The summed E-state index contributed by atoms with van der Waals surface area (Å²) in [6, 6.07) is 8.39. The van der Waals surface area contributed by atoms with E-state index in [1.807, 2.05) is 0 Å². The Morgan fingerprint density at radius 3 is 2.46 bits per heavy atom. The molecule has 2 N–H and O–H groups in total. The van der Waals surface area contributed by atoms with Gasteiger partial charge in [-0.25, -0.2) is 13.8 Å². The fraction of sp³-hybridized carbons (Fsp3) is 0.167. The molecule has 0 atom stereocenters. The van der Waals surface area contributed by atoms with Crippen molar-refractivity contribution >= 4 is 23.0 Å². The van der Waals surface area contributed by atoms with Crippen molar-refractivity contribution in [3.05, 3.63) is 65.7 Å². The zero-order chi connectivity index (χ0) is 18.3. The van der Waals surface area contributed by atoms with Gasteiger partial charge in [-0.1, -0.05) is 12.1 Å². The number of rotatable bonds is 4. The Morgan fingerprint density at radius 2 is 1.77 bits per heavy atom. The Hall–Kier alpha value is -3.29. The lowest BCUT2D eigenvalue weighted by Gasteiger charge is -2.06. The van der Waals surface area contributed by atoms with Gasteiger partial charge in [0.15, 0.2) is 5.69 Å². The molecule has 1 aliphatic rings. The van der Waals surface area contributed by atoms with E-state index >= 15 is 0 Å². The summed E-state index contributed by atoms with van der Waals surface area (Å²) in [5.41, 5.74) is -0.282. The number of imidazole rings is 1. The highest BCUT2D eigenvalue weighted by Gasteiger charge is 2.28. The minimum absolute atomic E-state index is 0.0478. The number of pyridine rings is 1. The molecule has 0 radical (unpaired) electrons. The SMILES string of the molecule is O=C(Nc1c(F)cccc1F)c1nc(C(=O)NC2CC2)n2ccccc12. The molecule has 0 spiro atoms. The molecule has 4 rings (SSSR count). The van der Waals surface area contributed by atoms with Gasteiger partial charge in [-0.15, -0.1) is 0 Å². The van der Waals surface area contributed by atoms with Gasteiger partial charge in [0.1, 0.15) is 17.3 Å². The third-order valence-electron chi connectivity index (χ3n) is 4.08. The number of halogens is 2. The molecule has 0 saturated heterocycles. The van der Waals surface area contributed by atoms with E-state index in [0.717, 1.165) is 25.0 Å². The van der Waals surface area contributed by atoms with Gasteiger partial charge in [0.2, 0.25) is 5.82 Å². The number of amides is 2. The molecule has 6 nitrogen and oxygen atoms in total. The average molecular weight is 356 g/mol. The van der Waals surface area contributed by atoms with Crippen molar-refractivity contribution in [2.75, 3.05) is 5.32 Å². The van der Waals surface area contributed by atoms with Crippen LogP contribution in [0.25, 0.3) is 5.52 Å². The maximum absolute atomic E-state index is 13.8. The van der Waals surface area contributed by atoms with E-state index in [0.29, 0.717) is 5.52 Å². The van der Waals surface area contributed by atoms with Crippen molar-refractivity contribution in [1.29, 1.82) is 0 Å². The molecule has 2 aromatic heterocycles. The monoisotopic (exact) mass is 356 g/mol. The van der Waals surface area contributed by atoms with E-state index in [1.54, 1.807) is 24.4 Å². The smallest absolute Gasteiger partial charge is 0.287 e. The molecular formula is C18H14F2N4O2. The molecular weight excluding hydrogens is 342 g/mol. The molecule has 0 bridgehead atoms. The summed E-state index contributed by atoms with van der Waals surface area (Å²) in [5.74, 6) is -2.94. The molecule has 1 saturated carbocycles. The highest BCUT2D eigenvalue weighted by molar-refractivity contribution is 6.09. The minimum Gasteiger partial charge on any atom is -0.347 e. The van der Waals surface area contributed by atoms with E-state index in [1.165, 1.54) is 10.5 Å². The normalized spacial score (nSPS) is 13.6. The van der Waals surface area contributed by atoms with Crippen LogP contribution in [0.5, 0.6) is 0 Å². The Morgan fingerprint density at radius 1 is 1.04 bits per heavy atom.